The Labute approximate surface area is 682 Å². The van der Waals surface area contributed by atoms with Crippen molar-refractivity contribution in [1.29, 1.82) is 5.26 Å². The predicted molar refractivity (Wildman–Crippen MR) is 421 cm³/mol. The summed E-state index contributed by atoms with van der Waals surface area (Å²) in [6.07, 6.45) is 12.3. The molecule has 115 heavy (non-hydrogen) atoms. The lowest BCUT2D eigenvalue weighted by molar-refractivity contribution is 0.0638. The van der Waals surface area contributed by atoms with E-state index in [4.69, 9.17) is 87.0 Å². The van der Waals surface area contributed by atoms with Crippen LogP contribution < -0.4 is 39.6 Å². The highest BCUT2D eigenvalue weighted by atomic mass is 35.5. The number of ether oxygens (including phenoxy) is 5. The van der Waals surface area contributed by atoms with Gasteiger partial charge in [-0.1, -0.05) is 94.4 Å². The molecule has 3 saturated carbocycles. The van der Waals surface area contributed by atoms with E-state index >= 15 is 0 Å². The Morgan fingerprint density at radius 1 is 0.357 bits per heavy atom. The molecule has 20 rings (SSSR count). The molecule has 0 unspecified atom stereocenters. The van der Waals surface area contributed by atoms with Crippen LogP contribution in [0.1, 0.15) is 141 Å². The molecule has 3 aliphatic carbocycles. The van der Waals surface area contributed by atoms with Gasteiger partial charge in [-0.3, -0.25) is 24.0 Å². The van der Waals surface area contributed by atoms with Crippen LogP contribution in [0.3, 0.4) is 0 Å². The number of hydrogen-bond acceptors (Lipinski definition) is 16. The van der Waals surface area contributed by atoms with Gasteiger partial charge in [0.1, 0.15) is 23.5 Å². The van der Waals surface area contributed by atoms with Gasteiger partial charge in [0, 0.05) is 114 Å². The van der Waals surface area contributed by atoms with Crippen molar-refractivity contribution in [1.82, 2.24) is 74.7 Å². The molecule has 2 saturated heterocycles. The Balaban J connectivity index is 0.000000108. The molecule has 5 fully saturated rings. The molecule has 34 heteroatoms. The summed E-state index contributed by atoms with van der Waals surface area (Å²) in [4.78, 5) is 66.5. The number of carbonyl (C=O) groups excluding carboxylic acids is 5. The first-order valence-corrected chi connectivity index (χ1v) is 40.2. The van der Waals surface area contributed by atoms with Crippen molar-refractivity contribution in [2.75, 3.05) is 59.2 Å². The minimum atomic E-state index is -0.626. The number of nitrogens with one attached hydrogen (secondary N) is 3. The highest BCUT2D eigenvalue weighted by Crippen LogP contribution is 2.44. The molecule has 26 nitrogen and oxygen atoms in total. The van der Waals surface area contributed by atoms with Gasteiger partial charge >= 0.3 is 0 Å². The fourth-order valence-electron chi connectivity index (χ4n) is 13.8. The monoisotopic (exact) mass is 1660 g/mol. The van der Waals surface area contributed by atoms with Crippen LogP contribution in [0.4, 0.5) is 13.2 Å². The first-order chi connectivity index (χ1) is 55.8. The lowest BCUT2D eigenvalue weighted by Gasteiger charge is -2.30. The van der Waals surface area contributed by atoms with Gasteiger partial charge in [-0.25, -0.2) is 36.6 Å². The SMILES string of the molecule is N#Cc1ccc(-c2c(C(=O)NC3CC3)nn3c2OCCC3)cc1F.O=C(NC1CC1)c1nn2c(c1-c1ccc(Cl)c(F)c1)OCCC2.O=C(NC1CC1)c1nn2c(c1-c1ccc(Cl)cc1)OCCC2.O=C(c1nn2c(c1-c1ccc(Cl)c(Cl)c1)OCCC2)N1CCC1.O=C(c1nn2c(c1-c1ccc(Cl)c(F)c1)OCCC2)N1CCC1. The van der Waals surface area contributed by atoms with Crippen molar-refractivity contribution in [2.45, 2.75) is 134 Å². The molecular formula is C81H76Cl5F3N16O10. The van der Waals surface area contributed by atoms with E-state index in [0.717, 1.165) is 139 Å². The maximum Gasteiger partial charge on any atom is 0.275 e. The topological polar surface area (TPSA) is 287 Å². The highest BCUT2D eigenvalue weighted by Gasteiger charge is 2.38. The number of halogens is 8. The van der Waals surface area contributed by atoms with E-state index < -0.39 is 17.5 Å². The second-order valence-electron chi connectivity index (χ2n) is 29.0. The van der Waals surface area contributed by atoms with Crippen molar-refractivity contribution in [3.05, 3.63) is 174 Å². The Kier molecular flexibility index (Phi) is 23.1. The van der Waals surface area contributed by atoms with Crippen molar-refractivity contribution < 1.29 is 60.8 Å². The number of likely N-dealkylation sites (tertiary alicyclic amines) is 2. The van der Waals surface area contributed by atoms with Crippen LogP contribution in [-0.4, -0.2) is 166 Å². The number of amides is 5. The molecule has 3 N–H and O–H groups in total. The van der Waals surface area contributed by atoms with Crippen LogP contribution in [0.2, 0.25) is 25.1 Å². The third-order valence-electron chi connectivity index (χ3n) is 20.5. The number of hydrogen-bond donors (Lipinski definition) is 3. The number of nitriles is 1. The minimum absolute atomic E-state index is 0.0373. The van der Waals surface area contributed by atoms with Crippen molar-refractivity contribution in [3.8, 4) is 91.1 Å². The average Bonchev–Trinajstić information content (AvgIpc) is 1.65. The third kappa shape index (κ3) is 17.0. The Hall–Kier alpha value is -10.8. The van der Waals surface area contributed by atoms with Crippen molar-refractivity contribution in [2.24, 2.45) is 0 Å². The van der Waals surface area contributed by atoms with Crippen LogP contribution in [0.5, 0.6) is 29.4 Å². The summed E-state index contributed by atoms with van der Waals surface area (Å²) in [5.74, 6) is 0.314. The molecule has 0 radical (unpaired) electrons. The van der Waals surface area contributed by atoms with Crippen LogP contribution in [0.25, 0.3) is 55.6 Å². The first-order valence-electron chi connectivity index (χ1n) is 38.3. The maximum absolute atomic E-state index is 14.0. The zero-order chi connectivity index (χ0) is 79.7. The summed E-state index contributed by atoms with van der Waals surface area (Å²) in [5.41, 5.74) is 7.96. The predicted octanol–water partition coefficient (Wildman–Crippen LogP) is 14.6. The van der Waals surface area contributed by atoms with E-state index in [9.17, 15) is 37.1 Å². The molecule has 12 heterocycles. The largest absolute Gasteiger partial charge is 0.477 e. The van der Waals surface area contributed by atoms with Crippen LogP contribution in [0.15, 0.2) is 97.1 Å². The minimum Gasteiger partial charge on any atom is -0.477 e. The fourth-order valence-corrected chi connectivity index (χ4v) is 14.5. The number of aromatic nitrogens is 10. The van der Waals surface area contributed by atoms with Crippen LogP contribution >= 0.6 is 58.0 Å². The fraction of sp³-hybridized carbons (Fsp3) is 0.370. The lowest BCUT2D eigenvalue weighted by Crippen LogP contribution is -2.42. The Morgan fingerprint density at radius 3 is 0.957 bits per heavy atom. The summed E-state index contributed by atoms with van der Waals surface area (Å²) >= 11 is 29.7. The van der Waals surface area contributed by atoms with E-state index in [1.807, 2.05) is 30.3 Å². The molecule has 10 aliphatic rings. The van der Waals surface area contributed by atoms with Crippen LogP contribution in [-0.2, 0) is 32.7 Å². The van der Waals surface area contributed by atoms with Gasteiger partial charge in [0.2, 0.25) is 29.4 Å². The van der Waals surface area contributed by atoms with E-state index in [1.165, 1.54) is 36.4 Å². The smallest absolute Gasteiger partial charge is 0.275 e. The van der Waals surface area contributed by atoms with Gasteiger partial charge in [-0.2, -0.15) is 30.8 Å². The van der Waals surface area contributed by atoms with Gasteiger partial charge in [-0.15, -0.1) is 0 Å². The number of rotatable bonds is 13. The zero-order valence-corrected chi connectivity index (χ0v) is 65.8. The zero-order valence-electron chi connectivity index (χ0n) is 62.0. The van der Waals surface area contributed by atoms with E-state index in [2.05, 4.69) is 41.4 Å². The quantitative estimate of drug-likeness (QED) is 0.0967. The van der Waals surface area contributed by atoms with Gasteiger partial charge in [0.15, 0.2) is 28.5 Å². The third-order valence-corrected chi connectivity index (χ3v) is 22.1. The van der Waals surface area contributed by atoms with Gasteiger partial charge < -0.3 is 49.4 Å². The molecule has 5 amide bonds. The summed E-state index contributed by atoms with van der Waals surface area (Å²) < 4.78 is 79.0. The average molecular weight is 1670 g/mol. The molecule has 7 aliphatic heterocycles. The summed E-state index contributed by atoms with van der Waals surface area (Å²) in [6, 6.07) is 28.5. The summed E-state index contributed by atoms with van der Waals surface area (Å²) in [7, 11) is 0. The Morgan fingerprint density at radius 2 is 0.652 bits per heavy atom. The molecule has 0 spiro atoms. The molecular weight excluding hydrogens is 1590 g/mol. The number of carbonyl (C=O) groups is 5. The Bertz CT molecular complexity index is 5350. The van der Waals surface area contributed by atoms with E-state index in [-0.39, 0.29) is 68.6 Å². The molecule has 0 bridgehead atoms. The molecule has 5 aromatic carbocycles. The molecule has 596 valence electrons. The molecule has 0 atom stereocenters. The summed E-state index contributed by atoms with van der Waals surface area (Å²) in [6.45, 7) is 9.47. The highest BCUT2D eigenvalue weighted by molar-refractivity contribution is 6.42. The molecule has 10 aromatic rings. The van der Waals surface area contributed by atoms with Gasteiger partial charge in [0.05, 0.1) is 86.5 Å². The first kappa shape index (κ1) is 78.1. The van der Waals surface area contributed by atoms with Crippen molar-refractivity contribution >= 4 is 87.5 Å². The summed E-state index contributed by atoms with van der Waals surface area (Å²) in [5, 5.41) is 41.6. The second kappa shape index (κ2) is 34.0. The van der Waals surface area contributed by atoms with Gasteiger partial charge in [-0.05, 0) is 140 Å². The normalized spacial score (nSPS) is 16.5. The van der Waals surface area contributed by atoms with E-state index in [1.54, 1.807) is 69.6 Å². The standard InChI is InChI=1S/C17H15FN4O2.C16H15Cl2N3O2.2C16H15ClFN3O2.C16H16ClN3O2/c18-13-8-10(2-3-11(13)9-19)14-15(16(23)20-12-4-5-12)21-22-6-1-7-24-17(14)22;17-11-4-3-10(9-12(11)18)13-14(15(22)20-5-1-6-20)19-21-7-2-8-23-16(13)21;17-11-5-2-9(8-12(11)18)13-14(15(22)19-10-3-4-10)20-21-6-1-7-23-16(13)21;17-11-4-3-10(9-12(11)18)13-14(15(22)20-5-1-6-20)19-21-7-2-8-23-16(13)21;17-11-4-2-10(3-5-11)13-14(15(21)18-12-6-7-12)19-20-8-1-9-22-16(13)20/h2-3,8,12H,1,4-7H2,(H,20,23);3-4,9H,1-2,5-8H2;2,5,8,10H,1,3-4,6-7H2,(H,19,22);3-4,9H,1-2,5-8H2;2-5,12H,1,6-9H2,(H,18,21). The van der Waals surface area contributed by atoms with Crippen LogP contribution in [0, 0.1) is 28.8 Å². The van der Waals surface area contributed by atoms with E-state index in [0.29, 0.717) is 159 Å². The van der Waals surface area contributed by atoms with Gasteiger partial charge in [0.25, 0.3) is 29.5 Å². The number of aryl methyl sites for hydroxylation is 5. The lowest BCUT2D eigenvalue weighted by atomic mass is 10.0. The number of nitrogens with zero attached hydrogens (tertiary/aromatic N) is 13. The second-order valence-corrected chi connectivity index (χ2v) is 31.1. The number of fused-ring (bicyclic) bond motifs is 5. The van der Waals surface area contributed by atoms with Crippen molar-refractivity contribution in [3.63, 3.8) is 0 Å². The maximum atomic E-state index is 14.0. The number of benzene rings is 5. The molecule has 5 aromatic heterocycles.